The largest absolute Gasteiger partial charge is 0.464 e. The number of aromatic nitrogens is 5. The second kappa shape index (κ2) is 6.49. The van der Waals surface area contributed by atoms with Crippen molar-refractivity contribution in [2.75, 3.05) is 0 Å². The summed E-state index contributed by atoms with van der Waals surface area (Å²) < 4.78 is 7.64. The lowest BCUT2D eigenvalue weighted by atomic mass is 10.0. The number of fused-ring (bicyclic) bond motifs is 1. The fraction of sp³-hybridized carbons (Fsp3) is 0.136. The zero-order valence-corrected chi connectivity index (χ0v) is 15.6. The zero-order valence-electron chi connectivity index (χ0n) is 15.6. The summed E-state index contributed by atoms with van der Waals surface area (Å²) in [5.74, 6) is 1.53. The molecule has 1 unspecified atom stereocenters. The number of aromatic amines is 1. The highest BCUT2D eigenvalue weighted by molar-refractivity contribution is 5.87. The molecule has 138 valence electrons. The zero-order chi connectivity index (χ0) is 19.1. The predicted molar refractivity (Wildman–Crippen MR) is 108 cm³/mol. The highest BCUT2D eigenvalue weighted by Crippen LogP contribution is 2.35. The Kier molecular flexibility index (Phi) is 3.83. The summed E-state index contributed by atoms with van der Waals surface area (Å²) in [4.78, 5) is 9.27. The van der Waals surface area contributed by atoms with E-state index in [1.165, 1.54) is 0 Å². The van der Waals surface area contributed by atoms with Crippen LogP contribution in [0.2, 0.25) is 0 Å². The maximum atomic E-state index is 5.51. The van der Waals surface area contributed by atoms with E-state index in [1.807, 2.05) is 43.6 Å². The van der Waals surface area contributed by atoms with Gasteiger partial charge in [0.05, 0.1) is 30.0 Å². The van der Waals surface area contributed by atoms with E-state index in [0.717, 1.165) is 45.1 Å². The average Bonchev–Trinajstić information content (AvgIpc) is 3.46. The van der Waals surface area contributed by atoms with Gasteiger partial charge in [0.2, 0.25) is 0 Å². The summed E-state index contributed by atoms with van der Waals surface area (Å²) in [6, 6.07) is 18.3. The van der Waals surface area contributed by atoms with Gasteiger partial charge in [-0.2, -0.15) is 5.10 Å². The van der Waals surface area contributed by atoms with Crippen molar-refractivity contribution < 1.29 is 4.42 Å². The molecule has 0 saturated carbocycles. The lowest BCUT2D eigenvalue weighted by molar-refractivity contribution is 0.606. The fourth-order valence-electron chi connectivity index (χ4n) is 3.53. The number of imidazole rings is 1. The molecule has 1 N–H and O–H groups in total. The van der Waals surface area contributed by atoms with Crippen LogP contribution in [0.1, 0.15) is 24.6 Å². The second-order valence-corrected chi connectivity index (χ2v) is 6.84. The number of nitrogens with one attached hydrogen (secondary N) is 1. The molecule has 0 aliphatic heterocycles. The first-order valence-corrected chi connectivity index (χ1v) is 9.19. The molecule has 3 heterocycles. The molecule has 0 saturated heterocycles. The van der Waals surface area contributed by atoms with Crippen LogP contribution < -0.4 is 0 Å². The van der Waals surface area contributed by atoms with Gasteiger partial charge in [0.15, 0.2) is 5.82 Å². The summed E-state index contributed by atoms with van der Waals surface area (Å²) in [7, 11) is 0. The van der Waals surface area contributed by atoms with E-state index in [-0.39, 0.29) is 6.04 Å². The summed E-state index contributed by atoms with van der Waals surface area (Å²) in [6.07, 6.45) is 3.58. The number of furan rings is 1. The van der Waals surface area contributed by atoms with Crippen molar-refractivity contribution >= 4 is 11.0 Å². The van der Waals surface area contributed by atoms with E-state index in [0.29, 0.717) is 0 Å². The van der Waals surface area contributed by atoms with Gasteiger partial charge >= 0.3 is 0 Å². The molecule has 0 aliphatic rings. The van der Waals surface area contributed by atoms with E-state index in [2.05, 4.69) is 50.9 Å². The first kappa shape index (κ1) is 16.5. The van der Waals surface area contributed by atoms with Gasteiger partial charge in [-0.25, -0.2) is 9.97 Å². The van der Waals surface area contributed by atoms with Crippen molar-refractivity contribution in [1.82, 2.24) is 24.7 Å². The van der Waals surface area contributed by atoms with E-state index in [1.54, 1.807) is 6.26 Å². The van der Waals surface area contributed by atoms with Gasteiger partial charge in [-0.05, 0) is 38.1 Å². The number of hydrogen-bond acceptors (Lipinski definition) is 4. The molecule has 5 aromatic rings. The quantitative estimate of drug-likeness (QED) is 0.484. The molecule has 3 aromatic heterocycles. The molecule has 0 fully saturated rings. The molecule has 6 nitrogen and oxygen atoms in total. The first-order valence-electron chi connectivity index (χ1n) is 9.19. The van der Waals surface area contributed by atoms with Gasteiger partial charge in [-0.1, -0.05) is 30.3 Å². The summed E-state index contributed by atoms with van der Waals surface area (Å²) in [6.45, 7) is 3.99. The third-order valence-electron chi connectivity index (χ3n) is 4.97. The number of benzene rings is 2. The van der Waals surface area contributed by atoms with Crippen LogP contribution in [-0.2, 0) is 0 Å². The second-order valence-electron chi connectivity index (χ2n) is 6.84. The van der Waals surface area contributed by atoms with E-state index < -0.39 is 0 Å². The Morgan fingerprint density at radius 1 is 1.04 bits per heavy atom. The molecule has 0 bridgehead atoms. The van der Waals surface area contributed by atoms with Gasteiger partial charge in [-0.15, -0.1) is 0 Å². The molecule has 5 rings (SSSR count). The first-order chi connectivity index (χ1) is 13.7. The SMILES string of the molecule is Cc1nc(C(C)n2cnc(-c3ccccc3)c2-c2ccc3occc3c2)n[nH]1. The minimum Gasteiger partial charge on any atom is -0.464 e. The van der Waals surface area contributed by atoms with Gasteiger partial charge in [0, 0.05) is 16.5 Å². The smallest absolute Gasteiger partial charge is 0.173 e. The molecule has 1 atom stereocenters. The van der Waals surface area contributed by atoms with Gasteiger partial charge < -0.3 is 8.98 Å². The van der Waals surface area contributed by atoms with Crippen LogP contribution in [0.25, 0.3) is 33.5 Å². The van der Waals surface area contributed by atoms with Crippen LogP contribution in [0, 0.1) is 6.92 Å². The minimum atomic E-state index is -0.0649. The third-order valence-corrected chi connectivity index (χ3v) is 4.97. The van der Waals surface area contributed by atoms with Crippen LogP contribution in [0.15, 0.2) is 71.6 Å². The molecular weight excluding hydrogens is 350 g/mol. The predicted octanol–water partition coefficient (Wildman–Crippen LogP) is 5.00. The Labute approximate surface area is 161 Å². The Hall–Kier alpha value is -3.67. The van der Waals surface area contributed by atoms with Crippen LogP contribution in [-0.4, -0.2) is 24.7 Å². The number of hydrogen-bond donors (Lipinski definition) is 1. The molecule has 0 amide bonds. The van der Waals surface area contributed by atoms with Crippen molar-refractivity contribution in [2.24, 2.45) is 0 Å². The average molecular weight is 369 g/mol. The molecule has 28 heavy (non-hydrogen) atoms. The molecule has 0 radical (unpaired) electrons. The number of H-pyrrole nitrogens is 1. The monoisotopic (exact) mass is 369 g/mol. The van der Waals surface area contributed by atoms with Crippen molar-refractivity contribution in [1.29, 1.82) is 0 Å². The highest BCUT2D eigenvalue weighted by Gasteiger charge is 2.21. The Bertz CT molecular complexity index is 1250. The highest BCUT2D eigenvalue weighted by atomic mass is 16.3. The number of nitrogens with zero attached hydrogens (tertiary/aromatic N) is 4. The van der Waals surface area contributed by atoms with E-state index >= 15 is 0 Å². The van der Waals surface area contributed by atoms with Crippen molar-refractivity contribution in [2.45, 2.75) is 19.9 Å². The lowest BCUT2D eigenvalue weighted by Crippen LogP contribution is -2.09. The third kappa shape index (κ3) is 2.70. The molecule has 6 heteroatoms. The number of aryl methyl sites for hydroxylation is 1. The molecule has 2 aromatic carbocycles. The molecule has 0 aliphatic carbocycles. The maximum Gasteiger partial charge on any atom is 0.173 e. The summed E-state index contributed by atoms with van der Waals surface area (Å²) >= 11 is 0. The maximum absolute atomic E-state index is 5.51. The van der Waals surface area contributed by atoms with E-state index in [9.17, 15) is 0 Å². The van der Waals surface area contributed by atoms with Gasteiger partial charge in [-0.3, -0.25) is 5.10 Å². The number of rotatable bonds is 4. The minimum absolute atomic E-state index is 0.0649. The Morgan fingerprint density at radius 2 is 1.89 bits per heavy atom. The van der Waals surface area contributed by atoms with Gasteiger partial charge in [0.1, 0.15) is 11.4 Å². The Balaban J connectivity index is 1.72. The topological polar surface area (TPSA) is 72.5 Å². The van der Waals surface area contributed by atoms with Crippen LogP contribution in [0.4, 0.5) is 0 Å². The van der Waals surface area contributed by atoms with Gasteiger partial charge in [0.25, 0.3) is 0 Å². The molecular formula is C22H19N5O. The van der Waals surface area contributed by atoms with Crippen molar-refractivity contribution in [3.8, 4) is 22.5 Å². The van der Waals surface area contributed by atoms with Crippen molar-refractivity contribution in [3.05, 3.63) is 78.8 Å². The fourth-order valence-corrected chi connectivity index (χ4v) is 3.53. The van der Waals surface area contributed by atoms with Crippen LogP contribution in [0.5, 0.6) is 0 Å². The normalized spacial score (nSPS) is 12.5. The molecule has 0 spiro atoms. The van der Waals surface area contributed by atoms with Crippen molar-refractivity contribution in [3.63, 3.8) is 0 Å². The summed E-state index contributed by atoms with van der Waals surface area (Å²) in [5.41, 5.74) is 4.98. The standard InChI is InChI=1S/C22H19N5O/c1-14(22-24-15(2)25-26-22)27-13-23-20(16-6-4-3-5-7-16)21(27)18-8-9-19-17(12-18)10-11-28-19/h3-14H,1-2H3,(H,24,25,26). The van der Waals surface area contributed by atoms with Crippen LogP contribution in [0.3, 0.4) is 0 Å². The lowest BCUT2D eigenvalue weighted by Gasteiger charge is -2.15. The Morgan fingerprint density at radius 3 is 2.68 bits per heavy atom. The summed E-state index contributed by atoms with van der Waals surface area (Å²) in [5, 5.41) is 8.34. The van der Waals surface area contributed by atoms with E-state index in [4.69, 9.17) is 9.40 Å². The van der Waals surface area contributed by atoms with Crippen LogP contribution >= 0.6 is 0 Å².